The standard InChI is InChI=1S/C18H18Cl2N4O4.CH4/c1-18(27)13(26)17(24-5-4-9-15(21)22-7-23-16(9)24)28-14(18)12(25)8-2-3-10(19)11(20)6-8;/h2-7,12-14,17,25-27H,1H3,(H2,21,22,23);1H4/t12-,13+,14-,17-,18+;/m1./s1. The predicted octanol–water partition coefficient (Wildman–Crippen LogP) is 2.70. The zero-order valence-corrected chi connectivity index (χ0v) is 16.2. The molecule has 2 aromatic heterocycles. The average Bonchev–Trinajstić information content (AvgIpc) is 3.17. The summed E-state index contributed by atoms with van der Waals surface area (Å²) in [5.41, 5.74) is 4.94. The number of aromatic nitrogens is 3. The summed E-state index contributed by atoms with van der Waals surface area (Å²) in [5.74, 6) is 0.287. The van der Waals surface area contributed by atoms with E-state index in [0.29, 0.717) is 21.6 Å². The zero-order valence-electron chi connectivity index (χ0n) is 14.7. The van der Waals surface area contributed by atoms with Crippen LogP contribution in [0.5, 0.6) is 0 Å². The van der Waals surface area contributed by atoms with Crippen LogP contribution < -0.4 is 5.73 Å². The summed E-state index contributed by atoms with van der Waals surface area (Å²) < 4.78 is 7.45. The third kappa shape index (κ3) is 3.46. The third-order valence-electron chi connectivity index (χ3n) is 5.12. The van der Waals surface area contributed by atoms with E-state index in [1.807, 2.05) is 0 Å². The van der Waals surface area contributed by atoms with E-state index >= 15 is 0 Å². The minimum absolute atomic E-state index is 0. The van der Waals surface area contributed by atoms with Crippen molar-refractivity contribution in [2.75, 3.05) is 5.73 Å². The first-order valence-corrected chi connectivity index (χ1v) is 9.23. The molecular formula is C19H22Cl2N4O4. The van der Waals surface area contributed by atoms with Crippen molar-refractivity contribution < 1.29 is 20.1 Å². The van der Waals surface area contributed by atoms with Crippen LogP contribution in [0.25, 0.3) is 11.0 Å². The molecule has 4 rings (SSSR count). The number of halogens is 2. The van der Waals surface area contributed by atoms with Crippen molar-refractivity contribution in [3.63, 3.8) is 0 Å². The Morgan fingerprint density at radius 2 is 1.97 bits per heavy atom. The third-order valence-corrected chi connectivity index (χ3v) is 5.86. The zero-order chi connectivity index (χ0) is 20.2. The van der Waals surface area contributed by atoms with E-state index in [2.05, 4.69) is 9.97 Å². The fourth-order valence-electron chi connectivity index (χ4n) is 3.50. The summed E-state index contributed by atoms with van der Waals surface area (Å²) in [6.07, 6.45) is -1.80. The molecular weight excluding hydrogens is 419 g/mol. The summed E-state index contributed by atoms with van der Waals surface area (Å²) in [5, 5.41) is 33.7. The van der Waals surface area contributed by atoms with Gasteiger partial charge in [-0.25, -0.2) is 9.97 Å². The summed E-state index contributed by atoms with van der Waals surface area (Å²) in [6.45, 7) is 1.40. The Hall–Kier alpha value is -1.94. The van der Waals surface area contributed by atoms with Gasteiger partial charge in [0.05, 0.1) is 15.4 Å². The first-order chi connectivity index (χ1) is 13.2. The molecule has 8 nitrogen and oxygen atoms in total. The topological polar surface area (TPSA) is 127 Å². The van der Waals surface area contributed by atoms with Crippen LogP contribution in [0, 0.1) is 0 Å². The number of nitrogens with two attached hydrogens (primary N) is 1. The van der Waals surface area contributed by atoms with Crippen molar-refractivity contribution in [3.8, 4) is 0 Å². The number of hydrogen-bond donors (Lipinski definition) is 4. The summed E-state index contributed by atoms with van der Waals surface area (Å²) in [6, 6.07) is 6.31. The lowest BCUT2D eigenvalue weighted by molar-refractivity contribution is -0.115. The van der Waals surface area contributed by atoms with Gasteiger partial charge in [-0.1, -0.05) is 36.7 Å². The number of fused-ring (bicyclic) bond motifs is 1. The maximum absolute atomic E-state index is 10.9. The predicted molar refractivity (Wildman–Crippen MR) is 111 cm³/mol. The van der Waals surface area contributed by atoms with Crippen molar-refractivity contribution in [1.82, 2.24) is 14.5 Å². The molecule has 0 bridgehead atoms. The minimum Gasteiger partial charge on any atom is -0.386 e. The fraction of sp³-hybridized carbons (Fsp3) is 0.368. The van der Waals surface area contributed by atoms with Crippen LogP contribution in [0.15, 0.2) is 36.8 Å². The van der Waals surface area contributed by atoms with Crippen LogP contribution in [0.4, 0.5) is 5.82 Å². The van der Waals surface area contributed by atoms with Crippen LogP contribution in [0.2, 0.25) is 10.0 Å². The molecule has 5 atom stereocenters. The maximum Gasteiger partial charge on any atom is 0.164 e. The van der Waals surface area contributed by atoms with Gasteiger partial charge in [0.15, 0.2) is 6.23 Å². The maximum atomic E-state index is 10.9. The van der Waals surface area contributed by atoms with Gasteiger partial charge in [0.2, 0.25) is 0 Å². The van der Waals surface area contributed by atoms with Crippen LogP contribution >= 0.6 is 23.2 Å². The fourth-order valence-corrected chi connectivity index (χ4v) is 3.80. The van der Waals surface area contributed by atoms with Gasteiger partial charge >= 0.3 is 0 Å². The summed E-state index contributed by atoms with van der Waals surface area (Å²) in [4.78, 5) is 8.11. The Labute approximate surface area is 177 Å². The van der Waals surface area contributed by atoms with Gasteiger partial charge in [0, 0.05) is 6.20 Å². The molecule has 156 valence electrons. The molecule has 0 spiro atoms. The second-order valence-corrected chi connectivity index (χ2v) is 7.77. The molecule has 0 amide bonds. The molecule has 0 unspecified atom stereocenters. The van der Waals surface area contributed by atoms with E-state index < -0.39 is 30.1 Å². The monoisotopic (exact) mass is 440 g/mol. The molecule has 0 saturated carbocycles. The minimum atomic E-state index is -1.76. The van der Waals surface area contributed by atoms with E-state index in [-0.39, 0.29) is 18.3 Å². The van der Waals surface area contributed by atoms with Crippen molar-refractivity contribution in [3.05, 3.63) is 52.4 Å². The molecule has 5 N–H and O–H groups in total. The molecule has 1 fully saturated rings. The quantitative estimate of drug-likeness (QED) is 0.492. The Balaban J connectivity index is 0.00000240. The number of nitrogen functional groups attached to an aromatic ring is 1. The molecule has 3 heterocycles. The highest BCUT2D eigenvalue weighted by Gasteiger charge is 2.55. The number of rotatable bonds is 3. The largest absolute Gasteiger partial charge is 0.386 e. The Morgan fingerprint density at radius 3 is 2.66 bits per heavy atom. The molecule has 0 radical (unpaired) electrons. The molecule has 1 aliphatic heterocycles. The van der Waals surface area contributed by atoms with E-state index in [4.69, 9.17) is 33.7 Å². The lowest BCUT2D eigenvalue weighted by Gasteiger charge is -2.29. The molecule has 0 aliphatic carbocycles. The SMILES string of the molecule is C.C[C@@]1(O)[C@@H]([C@H](O)c2ccc(Cl)c(Cl)c2)O[C@@H](n2ccc3c(N)ncnc32)[C@@H]1O. The second kappa shape index (κ2) is 7.71. The number of anilines is 1. The van der Waals surface area contributed by atoms with Gasteiger partial charge in [-0.3, -0.25) is 0 Å². The van der Waals surface area contributed by atoms with Crippen molar-refractivity contribution >= 4 is 40.1 Å². The van der Waals surface area contributed by atoms with Crippen molar-refractivity contribution in [1.29, 1.82) is 0 Å². The normalized spacial score (nSPS) is 27.7. The summed E-state index contributed by atoms with van der Waals surface area (Å²) in [7, 11) is 0. The molecule has 1 saturated heterocycles. The van der Waals surface area contributed by atoms with Crippen LogP contribution in [0.3, 0.4) is 0 Å². The second-order valence-electron chi connectivity index (χ2n) is 6.96. The van der Waals surface area contributed by atoms with Gasteiger partial charge in [-0.15, -0.1) is 0 Å². The van der Waals surface area contributed by atoms with Gasteiger partial charge in [-0.05, 0) is 30.7 Å². The molecule has 3 aromatic rings. The van der Waals surface area contributed by atoms with Gasteiger partial charge in [0.25, 0.3) is 0 Å². The Bertz CT molecular complexity index is 1040. The first-order valence-electron chi connectivity index (χ1n) is 8.47. The smallest absolute Gasteiger partial charge is 0.164 e. The molecule has 29 heavy (non-hydrogen) atoms. The molecule has 1 aromatic carbocycles. The van der Waals surface area contributed by atoms with Crippen LogP contribution in [0.1, 0.15) is 32.2 Å². The first kappa shape index (κ1) is 21.8. The lowest BCUT2D eigenvalue weighted by atomic mass is 9.88. The van der Waals surface area contributed by atoms with Crippen LogP contribution in [-0.4, -0.2) is 47.7 Å². The number of benzene rings is 1. The van der Waals surface area contributed by atoms with Crippen molar-refractivity contribution in [2.45, 2.75) is 44.5 Å². The number of nitrogens with zero attached hydrogens (tertiary/aromatic N) is 3. The van der Waals surface area contributed by atoms with Crippen molar-refractivity contribution in [2.24, 2.45) is 0 Å². The lowest BCUT2D eigenvalue weighted by Crippen LogP contribution is -2.47. The Kier molecular flexibility index (Phi) is 5.79. The molecule has 10 heteroatoms. The highest BCUT2D eigenvalue weighted by molar-refractivity contribution is 6.42. The van der Waals surface area contributed by atoms with Gasteiger partial charge in [-0.2, -0.15) is 0 Å². The number of aliphatic hydroxyl groups is 3. The highest BCUT2D eigenvalue weighted by Crippen LogP contribution is 2.44. The van der Waals surface area contributed by atoms with Gasteiger partial charge in [0.1, 0.15) is 41.7 Å². The van der Waals surface area contributed by atoms with E-state index in [0.717, 1.165) is 0 Å². The number of ether oxygens (including phenoxy) is 1. The highest BCUT2D eigenvalue weighted by atomic mass is 35.5. The number of aliphatic hydroxyl groups excluding tert-OH is 2. The van der Waals surface area contributed by atoms with Gasteiger partial charge < -0.3 is 30.4 Å². The average molecular weight is 441 g/mol. The van der Waals surface area contributed by atoms with E-state index in [9.17, 15) is 15.3 Å². The van der Waals surface area contributed by atoms with Crippen LogP contribution in [-0.2, 0) is 4.74 Å². The molecule has 1 aliphatic rings. The Morgan fingerprint density at radius 1 is 1.24 bits per heavy atom. The van der Waals surface area contributed by atoms with E-state index in [1.165, 1.54) is 19.3 Å². The number of hydrogen-bond acceptors (Lipinski definition) is 7. The summed E-state index contributed by atoms with van der Waals surface area (Å²) >= 11 is 12.0. The van der Waals surface area contributed by atoms with E-state index in [1.54, 1.807) is 29.0 Å².